The van der Waals surface area contributed by atoms with Crippen molar-refractivity contribution in [1.82, 2.24) is 4.98 Å². The Morgan fingerprint density at radius 2 is 1.93 bits per heavy atom. The van der Waals surface area contributed by atoms with Crippen LogP contribution < -0.4 is 0 Å². The number of hydrogen-bond acceptors (Lipinski definition) is 4. The highest BCUT2D eigenvalue weighted by Crippen LogP contribution is 2.64. The molecular formula is C25H32N2OS. The Morgan fingerprint density at radius 3 is 2.66 bits per heavy atom. The predicted molar refractivity (Wildman–Crippen MR) is 117 cm³/mol. The minimum atomic E-state index is -0.146. The number of aliphatic hydroxyl groups excluding tert-OH is 1. The lowest BCUT2D eigenvalue weighted by molar-refractivity contribution is -0.0164. The first kappa shape index (κ1) is 19.6. The van der Waals surface area contributed by atoms with Crippen molar-refractivity contribution in [3.05, 3.63) is 34.0 Å². The fourth-order valence-electron chi connectivity index (χ4n) is 7.83. The molecule has 0 saturated heterocycles. The molecule has 0 bridgehead atoms. The number of aromatic nitrogens is 1. The normalized spacial score (nSPS) is 40.2. The van der Waals surface area contributed by atoms with Gasteiger partial charge in [-0.3, -0.25) is 0 Å². The third kappa shape index (κ3) is 2.56. The molecule has 29 heavy (non-hydrogen) atoms. The van der Waals surface area contributed by atoms with Crippen LogP contribution in [0.25, 0.3) is 0 Å². The molecule has 0 amide bonds. The number of rotatable bonds is 1. The van der Waals surface area contributed by atoms with Crippen LogP contribution in [0.2, 0.25) is 0 Å². The zero-order chi connectivity index (χ0) is 20.6. The largest absolute Gasteiger partial charge is 0.393 e. The van der Waals surface area contributed by atoms with Crippen molar-refractivity contribution in [3.8, 4) is 6.07 Å². The lowest BCUT2D eigenvalue weighted by Crippen LogP contribution is -2.51. The molecule has 0 aliphatic heterocycles. The Labute approximate surface area is 179 Å². The SMILES string of the molecule is CSc1nc(C)c2c(c1C#N)C[C@@H]1[C@H]3CC=C4C[C@@H](O)CC[C@]4(C)[C@@H]3CC[C@@]21C. The maximum atomic E-state index is 10.2. The van der Waals surface area contributed by atoms with Gasteiger partial charge in [0.25, 0.3) is 0 Å². The number of aliphatic hydroxyl groups is 1. The first-order chi connectivity index (χ1) is 13.8. The maximum Gasteiger partial charge on any atom is 0.114 e. The number of fused-ring (bicyclic) bond motifs is 7. The minimum absolute atomic E-state index is 0.145. The predicted octanol–water partition coefficient (Wildman–Crippen LogP) is 5.32. The van der Waals surface area contributed by atoms with Gasteiger partial charge in [-0.15, -0.1) is 11.8 Å². The van der Waals surface area contributed by atoms with Crippen molar-refractivity contribution >= 4 is 11.8 Å². The molecular weight excluding hydrogens is 376 g/mol. The summed E-state index contributed by atoms with van der Waals surface area (Å²) in [5.74, 6) is 1.98. The van der Waals surface area contributed by atoms with Crippen LogP contribution in [-0.4, -0.2) is 22.5 Å². The van der Waals surface area contributed by atoms with E-state index in [0.717, 1.165) is 48.4 Å². The fourth-order valence-corrected chi connectivity index (χ4v) is 8.43. The number of hydrogen-bond donors (Lipinski definition) is 1. The van der Waals surface area contributed by atoms with Gasteiger partial charge >= 0.3 is 0 Å². The van der Waals surface area contributed by atoms with Crippen LogP contribution >= 0.6 is 11.8 Å². The van der Waals surface area contributed by atoms with Gasteiger partial charge in [-0.25, -0.2) is 4.98 Å². The van der Waals surface area contributed by atoms with Gasteiger partial charge in [-0.2, -0.15) is 5.26 Å². The van der Waals surface area contributed by atoms with E-state index >= 15 is 0 Å². The minimum Gasteiger partial charge on any atom is -0.393 e. The highest BCUT2D eigenvalue weighted by molar-refractivity contribution is 7.98. The van der Waals surface area contributed by atoms with E-state index in [1.807, 2.05) is 6.26 Å². The third-order valence-electron chi connectivity index (χ3n) is 9.22. The van der Waals surface area contributed by atoms with Crippen LogP contribution in [0, 0.1) is 41.4 Å². The fraction of sp³-hybridized carbons (Fsp3) is 0.680. The Kier molecular flexibility index (Phi) is 4.47. The summed E-state index contributed by atoms with van der Waals surface area (Å²) in [6.07, 6.45) is 11.9. The zero-order valence-corrected chi connectivity index (χ0v) is 18.9. The lowest BCUT2D eigenvalue weighted by Gasteiger charge is -2.57. The van der Waals surface area contributed by atoms with Crippen LogP contribution in [0.5, 0.6) is 0 Å². The first-order valence-corrected chi connectivity index (χ1v) is 12.4. The molecule has 1 N–H and O–H groups in total. The number of pyridine rings is 1. The van der Waals surface area contributed by atoms with Crippen molar-refractivity contribution in [3.63, 3.8) is 0 Å². The molecule has 0 spiro atoms. The van der Waals surface area contributed by atoms with E-state index in [-0.39, 0.29) is 16.9 Å². The molecule has 1 heterocycles. The number of thioether (sulfide) groups is 1. The highest BCUT2D eigenvalue weighted by Gasteiger charge is 2.58. The maximum absolute atomic E-state index is 10.2. The van der Waals surface area contributed by atoms with E-state index < -0.39 is 0 Å². The quantitative estimate of drug-likeness (QED) is 0.505. The molecule has 6 atom stereocenters. The molecule has 2 fully saturated rings. The van der Waals surface area contributed by atoms with E-state index in [1.54, 1.807) is 11.8 Å². The summed E-state index contributed by atoms with van der Waals surface area (Å²) in [5, 5.41) is 21.1. The van der Waals surface area contributed by atoms with Gasteiger partial charge in [0.2, 0.25) is 0 Å². The number of nitriles is 1. The van der Waals surface area contributed by atoms with Crippen LogP contribution in [0.15, 0.2) is 16.7 Å². The van der Waals surface area contributed by atoms with Crippen molar-refractivity contribution in [1.29, 1.82) is 5.26 Å². The van der Waals surface area contributed by atoms with Crippen LogP contribution in [0.3, 0.4) is 0 Å². The second kappa shape index (κ2) is 6.59. The molecule has 154 valence electrons. The molecule has 1 aromatic heterocycles. The first-order valence-electron chi connectivity index (χ1n) is 11.2. The monoisotopic (exact) mass is 408 g/mol. The second-order valence-corrected chi connectivity index (χ2v) is 11.2. The van der Waals surface area contributed by atoms with E-state index in [1.165, 1.54) is 29.5 Å². The molecule has 5 rings (SSSR count). The van der Waals surface area contributed by atoms with Gasteiger partial charge in [-0.05, 0) is 97.8 Å². The van der Waals surface area contributed by atoms with Crippen molar-refractivity contribution < 1.29 is 5.11 Å². The van der Waals surface area contributed by atoms with E-state index in [2.05, 4.69) is 32.9 Å². The van der Waals surface area contributed by atoms with Crippen LogP contribution in [-0.2, 0) is 11.8 Å². The Hall–Kier alpha value is -1.31. The lowest BCUT2D eigenvalue weighted by atomic mass is 9.47. The summed E-state index contributed by atoms with van der Waals surface area (Å²) < 4.78 is 0. The van der Waals surface area contributed by atoms with Crippen molar-refractivity contribution in [2.45, 2.75) is 82.3 Å². The van der Waals surface area contributed by atoms with E-state index in [0.29, 0.717) is 17.8 Å². The summed E-state index contributed by atoms with van der Waals surface area (Å²) in [6, 6.07) is 2.51. The molecule has 0 aromatic carbocycles. The summed E-state index contributed by atoms with van der Waals surface area (Å²) in [7, 11) is 0. The van der Waals surface area contributed by atoms with Gasteiger partial charge in [0.1, 0.15) is 11.1 Å². The Balaban J connectivity index is 1.59. The third-order valence-corrected chi connectivity index (χ3v) is 9.90. The van der Waals surface area contributed by atoms with Gasteiger partial charge in [-0.1, -0.05) is 25.5 Å². The van der Waals surface area contributed by atoms with E-state index in [9.17, 15) is 10.4 Å². The highest BCUT2D eigenvalue weighted by atomic mass is 32.2. The molecule has 1 aromatic rings. The topological polar surface area (TPSA) is 56.9 Å². The van der Waals surface area contributed by atoms with Crippen LogP contribution in [0.1, 0.15) is 74.8 Å². The molecule has 4 aliphatic rings. The van der Waals surface area contributed by atoms with E-state index in [4.69, 9.17) is 4.98 Å². The molecule has 4 aliphatic carbocycles. The Bertz CT molecular complexity index is 947. The summed E-state index contributed by atoms with van der Waals surface area (Å²) >= 11 is 1.60. The molecule has 4 heteroatoms. The molecule has 3 nitrogen and oxygen atoms in total. The zero-order valence-electron chi connectivity index (χ0n) is 18.1. The van der Waals surface area contributed by atoms with Crippen LogP contribution in [0.4, 0.5) is 0 Å². The number of allylic oxidation sites excluding steroid dienone is 1. The van der Waals surface area contributed by atoms with Gasteiger partial charge in [0, 0.05) is 5.69 Å². The summed E-state index contributed by atoms with van der Waals surface area (Å²) in [4.78, 5) is 4.86. The number of aryl methyl sites for hydroxylation is 1. The average Bonchev–Trinajstić information content (AvgIpc) is 3.02. The van der Waals surface area contributed by atoms with Gasteiger partial charge in [0.05, 0.1) is 11.7 Å². The second-order valence-electron chi connectivity index (χ2n) is 10.4. The summed E-state index contributed by atoms with van der Waals surface area (Å²) in [6.45, 7) is 7.09. The number of nitrogens with zero attached hydrogens (tertiary/aromatic N) is 2. The molecule has 0 radical (unpaired) electrons. The van der Waals surface area contributed by atoms with Gasteiger partial charge in [0.15, 0.2) is 0 Å². The van der Waals surface area contributed by atoms with Crippen molar-refractivity contribution in [2.75, 3.05) is 6.26 Å². The smallest absolute Gasteiger partial charge is 0.114 e. The summed E-state index contributed by atoms with van der Waals surface area (Å²) in [5.41, 5.74) is 6.61. The average molecular weight is 409 g/mol. The molecule has 0 unspecified atom stereocenters. The van der Waals surface area contributed by atoms with Crippen molar-refractivity contribution in [2.24, 2.45) is 23.2 Å². The Morgan fingerprint density at radius 1 is 1.17 bits per heavy atom. The standard InChI is InChI=1S/C25H32N2OS/c1-14-22-18(19(13-26)23(27-14)29-4)12-21-17-6-5-15-11-16(28)7-9-24(15,2)20(17)8-10-25(21,22)3/h5,16-17,20-21,28H,6-12H2,1-4H3/t16-,17-,20+,21+,24-,25+/m0/s1. The molecule has 2 saturated carbocycles. The van der Waals surface area contributed by atoms with Gasteiger partial charge < -0.3 is 5.11 Å².